The van der Waals surface area contributed by atoms with Crippen LogP contribution >= 0.6 is 0 Å². The summed E-state index contributed by atoms with van der Waals surface area (Å²) < 4.78 is 16.6. The van der Waals surface area contributed by atoms with Gasteiger partial charge in [-0.2, -0.15) is 0 Å². The molecule has 0 saturated heterocycles. The predicted molar refractivity (Wildman–Crippen MR) is 75.7 cm³/mol. The second kappa shape index (κ2) is 4.41. The van der Waals surface area contributed by atoms with Crippen molar-refractivity contribution in [1.82, 2.24) is 0 Å². The molecule has 1 atom stereocenters. The summed E-state index contributed by atoms with van der Waals surface area (Å²) in [4.78, 5) is 12.3. The fraction of sp³-hybridized carbons (Fsp3) is 0.188. The summed E-state index contributed by atoms with van der Waals surface area (Å²) in [6, 6.07) is 10.7. The molecule has 0 bridgehead atoms. The van der Waals surface area contributed by atoms with Gasteiger partial charge in [0.25, 0.3) is 0 Å². The first-order valence-electron chi connectivity index (χ1n) is 6.69. The largest absolute Gasteiger partial charge is 0.484 e. The Labute approximate surface area is 121 Å². The first-order valence-corrected chi connectivity index (χ1v) is 6.69. The van der Waals surface area contributed by atoms with Crippen LogP contribution in [0.2, 0.25) is 0 Å². The zero-order valence-electron chi connectivity index (χ0n) is 11.2. The van der Waals surface area contributed by atoms with Crippen molar-refractivity contribution in [2.24, 2.45) is 0 Å². The monoisotopic (exact) mass is 283 g/mol. The van der Waals surface area contributed by atoms with Crippen LogP contribution in [-0.2, 0) is 0 Å². The van der Waals surface area contributed by atoms with Gasteiger partial charge in [-0.15, -0.1) is 0 Å². The van der Waals surface area contributed by atoms with Gasteiger partial charge in [0.15, 0.2) is 17.3 Å². The summed E-state index contributed by atoms with van der Waals surface area (Å²) in [7, 11) is 0. The number of carbonyl (C=O) groups excluding carboxylic acids is 1. The van der Waals surface area contributed by atoms with Crippen LogP contribution in [0.4, 0.5) is 5.69 Å². The van der Waals surface area contributed by atoms with Crippen LogP contribution in [0.15, 0.2) is 36.4 Å². The molecule has 0 amide bonds. The normalized spacial score (nSPS) is 19.0. The maximum atomic E-state index is 12.3. The molecule has 0 aromatic heterocycles. The van der Waals surface area contributed by atoms with Crippen molar-refractivity contribution in [3.8, 4) is 17.2 Å². The van der Waals surface area contributed by atoms with Crippen molar-refractivity contribution >= 4 is 11.5 Å². The molecule has 0 radical (unpaired) electrons. The standard InChI is InChI=1S/C16H13NO4/c17-10-2-4-13-11(6-10)12(18)7-15(21-13)9-1-3-14-16(5-9)20-8-19-14/h1-6,15H,7-8,17H2. The second-order valence-corrected chi connectivity index (χ2v) is 5.10. The fourth-order valence-corrected chi connectivity index (χ4v) is 2.64. The van der Waals surface area contributed by atoms with E-state index in [1.165, 1.54) is 0 Å². The summed E-state index contributed by atoms with van der Waals surface area (Å²) in [5.41, 5.74) is 7.72. The molecule has 2 aromatic carbocycles. The molecule has 4 rings (SSSR count). The van der Waals surface area contributed by atoms with Crippen molar-refractivity contribution in [2.45, 2.75) is 12.5 Å². The van der Waals surface area contributed by atoms with E-state index in [0.717, 1.165) is 5.56 Å². The number of nitrogens with two attached hydrogens (primary N) is 1. The number of rotatable bonds is 1. The average molecular weight is 283 g/mol. The molecule has 2 aliphatic heterocycles. The van der Waals surface area contributed by atoms with Gasteiger partial charge in [-0.3, -0.25) is 4.79 Å². The van der Waals surface area contributed by atoms with Crippen molar-refractivity contribution in [3.05, 3.63) is 47.5 Å². The van der Waals surface area contributed by atoms with Gasteiger partial charge in [-0.25, -0.2) is 0 Å². The Morgan fingerprint density at radius 3 is 2.71 bits per heavy atom. The summed E-state index contributed by atoms with van der Waals surface area (Å²) in [5.74, 6) is 2.01. The van der Waals surface area contributed by atoms with E-state index in [2.05, 4.69) is 0 Å². The van der Waals surface area contributed by atoms with Crippen molar-refractivity contribution in [2.75, 3.05) is 12.5 Å². The highest BCUT2D eigenvalue weighted by atomic mass is 16.7. The van der Waals surface area contributed by atoms with E-state index in [-0.39, 0.29) is 25.1 Å². The van der Waals surface area contributed by atoms with Crippen LogP contribution in [0.1, 0.15) is 28.4 Å². The van der Waals surface area contributed by atoms with Gasteiger partial charge in [-0.05, 0) is 35.9 Å². The number of carbonyl (C=O) groups is 1. The van der Waals surface area contributed by atoms with Gasteiger partial charge < -0.3 is 19.9 Å². The number of ketones is 1. The molecule has 0 aliphatic carbocycles. The third kappa shape index (κ3) is 1.98. The highest BCUT2D eigenvalue weighted by Gasteiger charge is 2.29. The molecule has 2 aliphatic rings. The molecule has 5 heteroatoms. The Bertz CT molecular complexity index is 741. The van der Waals surface area contributed by atoms with E-state index < -0.39 is 0 Å². The van der Waals surface area contributed by atoms with Crippen molar-refractivity contribution in [1.29, 1.82) is 0 Å². The number of hydrogen-bond acceptors (Lipinski definition) is 5. The first kappa shape index (κ1) is 12.1. The summed E-state index contributed by atoms with van der Waals surface area (Å²) in [6.07, 6.45) is -0.0288. The summed E-state index contributed by atoms with van der Waals surface area (Å²) in [5, 5.41) is 0. The van der Waals surface area contributed by atoms with Crippen LogP contribution in [0.25, 0.3) is 0 Å². The Morgan fingerprint density at radius 2 is 1.81 bits per heavy atom. The molecular weight excluding hydrogens is 270 g/mol. The number of benzene rings is 2. The molecule has 1 unspecified atom stereocenters. The number of fused-ring (bicyclic) bond motifs is 2. The van der Waals surface area contributed by atoms with Crippen LogP contribution in [0.5, 0.6) is 17.2 Å². The van der Waals surface area contributed by atoms with Gasteiger partial charge >= 0.3 is 0 Å². The summed E-state index contributed by atoms with van der Waals surface area (Å²) >= 11 is 0. The highest BCUT2D eigenvalue weighted by molar-refractivity contribution is 6.00. The van der Waals surface area contributed by atoms with E-state index in [9.17, 15) is 4.79 Å². The van der Waals surface area contributed by atoms with Crippen LogP contribution in [0.3, 0.4) is 0 Å². The lowest BCUT2D eigenvalue weighted by Gasteiger charge is -2.25. The van der Waals surface area contributed by atoms with Gasteiger partial charge in [-0.1, -0.05) is 6.07 Å². The molecule has 0 saturated carbocycles. The Morgan fingerprint density at radius 1 is 1.00 bits per heavy atom. The molecule has 106 valence electrons. The fourth-order valence-electron chi connectivity index (χ4n) is 2.64. The van der Waals surface area contributed by atoms with Crippen LogP contribution in [0, 0.1) is 0 Å². The van der Waals surface area contributed by atoms with Gasteiger partial charge in [0.05, 0.1) is 12.0 Å². The number of ether oxygens (including phenoxy) is 3. The lowest BCUT2D eigenvalue weighted by molar-refractivity contribution is 0.0850. The molecule has 21 heavy (non-hydrogen) atoms. The molecule has 2 heterocycles. The zero-order chi connectivity index (χ0) is 14.4. The summed E-state index contributed by atoms with van der Waals surface area (Å²) in [6.45, 7) is 0.228. The van der Waals surface area contributed by atoms with E-state index in [1.54, 1.807) is 18.2 Å². The lowest BCUT2D eigenvalue weighted by atomic mass is 9.96. The predicted octanol–water partition coefficient (Wildman–Crippen LogP) is 2.70. The number of nitrogen functional groups attached to an aromatic ring is 1. The molecule has 2 aromatic rings. The minimum Gasteiger partial charge on any atom is -0.484 e. The topological polar surface area (TPSA) is 70.8 Å². The number of anilines is 1. The van der Waals surface area contributed by atoms with Gasteiger partial charge in [0.1, 0.15) is 11.9 Å². The Kier molecular flexibility index (Phi) is 2.54. The molecular formula is C16H13NO4. The maximum Gasteiger partial charge on any atom is 0.231 e. The van der Waals surface area contributed by atoms with Gasteiger partial charge in [0.2, 0.25) is 6.79 Å². The lowest BCUT2D eigenvalue weighted by Crippen LogP contribution is -2.20. The molecule has 5 nitrogen and oxygen atoms in total. The van der Waals surface area contributed by atoms with Crippen LogP contribution in [-0.4, -0.2) is 12.6 Å². The molecule has 0 spiro atoms. The molecule has 2 N–H and O–H groups in total. The van der Waals surface area contributed by atoms with Gasteiger partial charge in [0, 0.05) is 5.69 Å². The third-order valence-corrected chi connectivity index (χ3v) is 3.71. The SMILES string of the molecule is Nc1ccc2c(c1)C(=O)CC(c1ccc3c(c1)OCO3)O2. The van der Waals surface area contributed by atoms with E-state index >= 15 is 0 Å². The average Bonchev–Trinajstić information content (AvgIpc) is 2.95. The second-order valence-electron chi connectivity index (χ2n) is 5.10. The van der Waals surface area contributed by atoms with E-state index in [1.807, 2.05) is 18.2 Å². The van der Waals surface area contributed by atoms with Crippen molar-refractivity contribution < 1.29 is 19.0 Å². The number of Topliss-reactive ketones (excluding diaryl/α,β-unsaturated/α-hetero) is 1. The smallest absolute Gasteiger partial charge is 0.231 e. The van der Waals surface area contributed by atoms with Crippen molar-refractivity contribution in [3.63, 3.8) is 0 Å². The Balaban J connectivity index is 1.69. The zero-order valence-corrected chi connectivity index (χ0v) is 11.2. The minimum absolute atomic E-state index is 0.0335. The Hall–Kier alpha value is -2.69. The maximum absolute atomic E-state index is 12.3. The number of hydrogen-bond donors (Lipinski definition) is 1. The van der Waals surface area contributed by atoms with E-state index in [0.29, 0.717) is 28.5 Å². The third-order valence-electron chi connectivity index (χ3n) is 3.71. The minimum atomic E-state index is -0.317. The van der Waals surface area contributed by atoms with Crippen LogP contribution < -0.4 is 19.9 Å². The molecule has 0 fully saturated rings. The van der Waals surface area contributed by atoms with E-state index in [4.69, 9.17) is 19.9 Å². The highest BCUT2D eigenvalue weighted by Crippen LogP contribution is 2.39. The quantitative estimate of drug-likeness (QED) is 0.815. The first-order chi connectivity index (χ1) is 10.2.